The normalized spacial score (nSPS) is 22.6. The first-order valence-electron chi connectivity index (χ1n) is 6.41. The van der Waals surface area contributed by atoms with Gasteiger partial charge in [-0.3, -0.25) is 0 Å². The van der Waals surface area contributed by atoms with Crippen LogP contribution in [0.1, 0.15) is 28.8 Å². The fourth-order valence-electron chi connectivity index (χ4n) is 2.60. The summed E-state index contributed by atoms with van der Waals surface area (Å²) in [6, 6.07) is 11.2. The van der Waals surface area contributed by atoms with Gasteiger partial charge in [0.05, 0.1) is 5.38 Å². The Balaban J connectivity index is 1.82. The first-order chi connectivity index (χ1) is 9.58. The Hall–Kier alpha value is -1.48. The second-order valence-electron chi connectivity index (χ2n) is 5.11. The van der Waals surface area contributed by atoms with Crippen LogP contribution < -0.4 is 0 Å². The molecule has 1 saturated carbocycles. The zero-order valence-corrected chi connectivity index (χ0v) is 11.2. The van der Waals surface area contributed by atoms with Crippen LogP contribution in [0.4, 0.5) is 13.2 Å². The van der Waals surface area contributed by atoms with E-state index < -0.39 is 22.8 Å². The van der Waals surface area contributed by atoms with Crippen molar-refractivity contribution in [1.82, 2.24) is 0 Å². The summed E-state index contributed by atoms with van der Waals surface area (Å²) in [6.07, 6.45) is 0.830. The van der Waals surface area contributed by atoms with Crippen LogP contribution in [0, 0.1) is 23.4 Å². The summed E-state index contributed by atoms with van der Waals surface area (Å²) >= 11 is 6.25. The number of hydrogen-bond acceptors (Lipinski definition) is 0. The van der Waals surface area contributed by atoms with E-state index >= 15 is 0 Å². The molecule has 104 valence electrons. The van der Waals surface area contributed by atoms with Crippen LogP contribution in [-0.2, 0) is 0 Å². The van der Waals surface area contributed by atoms with Crippen LogP contribution in [0.5, 0.6) is 0 Å². The molecule has 4 heteroatoms. The van der Waals surface area contributed by atoms with E-state index in [1.165, 1.54) is 0 Å². The zero-order valence-electron chi connectivity index (χ0n) is 10.5. The van der Waals surface area contributed by atoms with E-state index in [0.717, 1.165) is 18.1 Å². The topological polar surface area (TPSA) is 0 Å². The van der Waals surface area contributed by atoms with Gasteiger partial charge in [-0.2, -0.15) is 0 Å². The largest absolute Gasteiger partial charge is 0.207 e. The molecule has 1 aliphatic carbocycles. The van der Waals surface area contributed by atoms with Gasteiger partial charge in [0.2, 0.25) is 0 Å². The maximum absolute atomic E-state index is 13.7. The number of halogens is 4. The Bertz CT molecular complexity index is 627. The van der Waals surface area contributed by atoms with Crippen molar-refractivity contribution in [2.24, 2.45) is 5.92 Å². The Kier molecular flexibility index (Phi) is 3.47. The van der Waals surface area contributed by atoms with E-state index in [1.54, 1.807) is 0 Å². The van der Waals surface area contributed by atoms with Crippen molar-refractivity contribution in [2.45, 2.75) is 17.7 Å². The molecule has 2 aromatic carbocycles. The summed E-state index contributed by atoms with van der Waals surface area (Å²) in [5, 5.41) is -0.643. The van der Waals surface area contributed by atoms with Crippen molar-refractivity contribution < 1.29 is 13.2 Å². The molecule has 0 heterocycles. The molecule has 0 saturated heterocycles. The molecule has 0 N–H and O–H groups in total. The second kappa shape index (κ2) is 5.13. The van der Waals surface area contributed by atoms with Crippen LogP contribution in [0.25, 0.3) is 0 Å². The van der Waals surface area contributed by atoms with Crippen LogP contribution in [0.2, 0.25) is 0 Å². The molecule has 0 amide bonds. The second-order valence-corrected chi connectivity index (χ2v) is 5.58. The highest BCUT2D eigenvalue weighted by Gasteiger charge is 2.44. The lowest BCUT2D eigenvalue weighted by molar-refractivity contribution is 0.487. The maximum atomic E-state index is 13.7. The van der Waals surface area contributed by atoms with E-state index in [-0.39, 0.29) is 17.4 Å². The van der Waals surface area contributed by atoms with Crippen LogP contribution in [-0.4, -0.2) is 0 Å². The van der Waals surface area contributed by atoms with Gasteiger partial charge in [-0.1, -0.05) is 30.3 Å². The highest BCUT2D eigenvalue weighted by molar-refractivity contribution is 6.21. The van der Waals surface area contributed by atoms with Gasteiger partial charge in [0.1, 0.15) is 5.82 Å². The highest BCUT2D eigenvalue weighted by Crippen LogP contribution is 2.56. The molecule has 3 atom stereocenters. The lowest BCUT2D eigenvalue weighted by atomic mass is 10.0. The lowest BCUT2D eigenvalue weighted by Crippen LogP contribution is -2.01. The standard InChI is InChI=1S/C16H12ClF3/c17-16(12-7-14(19)15(20)8-13(12)18)11-6-10(11)9-4-2-1-3-5-9/h1-5,7-8,10-11,16H,6H2. The van der Waals surface area contributed by atoms with Gasteiger partial charge < -0.3 is 0 Å². The molecule has 0 bridgehead atoms. The van der Waals surface area contributed by atoms with Crippen molar-refractivity contribution >= 4 is 11.6 Å². The molecule has 1 fully saturated rings. The molecule has 2 aromatic rings. The molecule has 1 aliphatic rings. The number of rotatable bonds is 3. The fourth-order valence-corrected chi connectivity index (χ4v) is 3.05. The van der Waals surface area contributed by atoms with Gasteiger partial charge in [0.25, 0.3) is 0 Å². The summed E-state index contributed by atoms with van der Waals surface area (Å²) in [4.78, 5) is 0. The van der Waals surface area contributed by atoms with Crippen LogP contribution >= 0.6 is 11.6 Å². The number of alkyl halides is 1. The summed E-state index contributed by atoms with van der Waals surface area (Å²) in [5.41, 5.74) is 1.18. The van der Waals surface area contributed by atoms with Crippen molar-refractivity contribution in [2.75, 3.05) is 0 Å². The quantitative estimate of drug-likeness (QED) is 0.540. The van der Waals surface area contributed by atoms with Crippen molar-refractivity contribution in [3.8, 4) is 0 Å². The summed E-state index contributed by atoms with van der Waals surface area (Å²) in [6.45, 7) is 0. The Labute approximate surface area is 120 Å². The van der Waals surface area contributed by atoms with Gasteiger partial charge in [0.15, 0.2) is 11.6 Å². The summed E-state index contributed by atoms with van der Waals surface area (Å²) in [5.74, 6) is -2.73. The van der Waals surface area contributed by atoms with Crippen molar-refractivity contribution in [3.63, 3.8) is 0 Å². The summed E-state index contributed by atoms with van der Waals surface area (Å²) < 4.78 is 39.9. The molecule has 0 spiro atoms. The fraction of sp³-hybridized carbons (Fsp3) is 0.250. The Morgan fingerprint density at radius 1 is 0.950 bits per heavy atom. The molecular formula is C16H12ClF3. The van der Waals surface area contributed by atoms with Gasteiger partial charge >= 0.3 is 0 Å². The minimum atomic E-state index is -1.19. The number of benzene rings is 2. The highest BCUT2D eigenvalue weighted by atomic mass is 35.5. The van der Waals surface area contributed by atoms with Crippen molar-refractivity contribution in [3.05, 3.63) is 71.0 Å². The molecule has 0 nitrogen and oxygen atoms in total. The molecule has 3 unspecified atom stereocenters. The molecule has 0 radical (unpaired) electrons. The smallest absolute Gasteiger partial charge is 0.161 e. The maximum Gasteiger partial charge on any atom is 0.161 e. The molecule has 20 heavy (non-hydrogen) atoms. The van der Waals surface area contributed by atoms with E-state index in [9.17, 15) is 13.2 Å². The Morgan fingerprint density at radius 2 is 1.60 bits per heavy atom. The van der Waals surface area contributed by atoms with E-state index in [2.05, 4.69) is 0 Å². The SMILES string of the molecule is Fc1cc(F)c(C(Cl)C2CC2c2ccccc2)cc1F. The third kappa shape index (κ3) is 2.42. The van der Waals surface area contributed by atoms with Gasteiger partial charge in [-0.05, 0) is 29.9 Å². The monoisotopic (exact) mass is 296 g/mol. The number of hydrogen-bond donors (Lipinski definition) is 0. The predicted octanol–water partition coefficient (Wildman–Crippen LogP) is 5.19. The average Bonchev–Trinajstić information content (AvgIpc) is 3.23. The zero-order chi connectivity index (χ0) is 14.3. The van der Waals surface area contributed by atoms with Crippen LogP contribution in [0.15, 0.2) is 42.5 Å². The van der Waals surface area contributed by atoms with Gasteiger partial charge in [0, 0.05) is 11.6 Å². The van der Waals surface area contributed by atoms with Gasteiger partial charge in [-0.25, -0.2) is 13.2 Å². The molecule has 0 aliphatic heterocycles. The minimum Gasteiger partial charge on any atom is -0.207 e. The van der Waals surface area contributed by atoms with Crippen molar-refractivity contribution in [1.29, 1.82) is 0 Å². The Morgan fingerprint density at radius 3 is 2.30 bits per heavy atom. The molecule has 0 aromatic heterocycles. The third-order valence-electron chi connectivity index (χ3n) is 3.78. The van der Waals surface area contributed by atoms with E-state index in [0.29, 0.717) is 6.07 Å². The third-order valence-corrected chi connectivity index (χ3v) is 4.34. The van der Waals surface area contributed by atoms with E-state index in [1.807, 2.05) is 30.3 Å². The molecular weight excluding hydrogens is 285 g/mol. The molecule has 3 rings (SSSR count). The average molecular weight is 297 g/mol. The van der Waals surface area contributed by atoms with Crippen LogP contribution in [0.3, 0.4) is 0 Å². The lowest BCUT2D eigenvalue weighted by Gasteiger charge is -2.11. The van der Waals surface area contributed by atoms with Gasteiger partial charge in [-0.15, -0.1) is 11.6 Å². The minimum absolute atomic E-state index is 0.0361. The first-order valence-corrected chi connectivity index (χ1v) is 6.85. The predicted molar refractivity (Wildman–Crippen MR) is 72.2 cm³/mol. The van der Waals surface area contributed by atoms with E-state index in [4.69, 9.17) is 11.6 Å². The summed E-state index contributed by atoms with van der Waals surface area (Å²) in [7, 11) is 0. The first kappa shape index (κ1) is 13.5.